The lowest BCUT2D eigenvalue weighted by Crippen LogP contribution is -2.19. The summed E-state index contributed by atoms with van der Waals surface area (Å²) in [7, 11) is -4.11. The van der Waals surface area contributed by atoms with Crippen molar-refractivity contribution in [1.82, 2.24) is 4.57 Å². The normalized spacial score (nSPS) is 11.7. The first-order valence-corrected chi connectivity index (χ1v) is 10.2. The van der Waals surface area contributed by atoms with E-state index in [1.54, 1.807) is 34.9 Å². The second-order valence-corrected chi connectivity index (χ2v) is 8.47. The summed E-state index contributed by atoms with van der Waals surface area (Å²) in [4.78, 5) is 12.5. The Bertz CT molecular complexity index is 1360. The smallest absolute Gasteiger partial charge is 0.211 e. The lowest BCUT2D eigenvalue weighted by Gasteiger charge is -2.14. The quantitative estimate of drug-likeness (QED) is 0.507. The van der Waals surface area contributed by atoms with Crippen LogP contribution in [0.2, 0.25) is 0 Å². The monoisotopic (exact) mass is 411 g/mol. The summed E-state index contributed by atoms with van der Waals surface area (Å²) in [5.41, 5.74) is 0.315. The molecule has 0 saturated heterocycles. The van der Waals surface area contributed by atoms with E-state index in [9.17, 15) is 22.0 Å². The third-order valence-electron chi connectivity index (χ3n) is 4.62. The van der Waals surface area contributed by atoms with Crippen molar-refractivity contribution in [2.75, 3.05) is 0 Å². The van der Waals surface area contributed by atoms with Crippen molar-refractivity contribution in [3.63, 3.8) is 0 Å². The maximum Gasteiger partial charge on any atom is 0.211 e. The molecule has 146 valence electrons. The molecule has 0 spiro atoms. The van der Waals surface area contributed by atoms with Crippen molar-refractivity contribution in [2.45, 2.75) is 16.3 Å². The van der Waals surface area contributed by atoms with E-state index in [4.69, 9.17) is 0 Å². The van der Waals surface area contributed by atoms with Crippen LogP contribution in [0.1, 0.15) is 5.56 Å². The Hall–Kier alpha value is -3.32. The Kier molecular flexibility index (Phi) is 4.76. The molecule has 0 amide bonds. The van der Waals surface area contributed by atoms with Crippen LogP contribution >= 0.6 is 0 Å². The number of halogens is 2. The number of pyridine rings is 1. The van der Waals surface area contributed by atoms with Gasteiger partial charge in [0.2, 0.25) is 15.3 Å². The lowest BCUT2D eigenvalue weighted by atomic mass is 10.1. The zero-order valence-electron chi connectivity index (χ0n) is 15.0. The van der Waals surface area contributed by atoms with Gasteiger partial charge in [0, 0.05) is 18.1 Å². The maximum absolute atomic E-state index is 13.8. The Labute approximate surface area is 165 Å². The summed E-state index contributed by atoms with van der Waals surface area (Å²) in [6.45, 7) is 0.181. The molecule has 0 fully saturated rings. The zero-order chi connectivity index (χ0) is 20.6. The van der Waals surface area contributed by atoms with E-state index < -0.39 is 31.8 Å². The molecule has 4 rings (SSSR count). The van der Waals surface area contributed by atoms with Crippen LogP contribution in [0.5, 0.6) is 0 Å². The molecule has 4 nitrogen and oxygen atoms in total. The van der Waals surface area contributed by atoms with E-state index in [1.165, 1.54) is 42.6 Å². The van der Waals surface area contributed by atoms with Gasteiger partial charge in [-0.15, -0.1) is 0 Å². The van der Waals surface area contributed by atoms with Crippen molar-refractivity contribution in [1.29, 1.82) is 0 Å². The van der Waals surface area contributed by atoms with Crippen LogP contribution in [0.3, 0.4) is 0 Å². The fraction of sp³-hybridized carbons (Fsp3) is 0.0455. The van der Waals surface area contributed by atoms with Gasteiger partial charge < -0.3 is 4.57 Å². The van der Waals surface area contributed by atoms with Gasteiger partial charge in [0.1, 0.15) is 16.5 Å². The molecule has 1 aromatic heterocycles. The van der Waals surface area contributed by atoms with Crippen molar-refractivity contribution < 1.29 is 17.2 Å². The Morgan fingerprint density at radius 1 is 0.828 bits per heavy atom. The number of hydrogen-bond acceptors (Lipinski definition) is 3. The highest BCUT2D eigenvalue weighted by molar-refractivity contribution is 7.91. The average molecular weight is 411 g/mol. The summed E-state index contributed by atoms with van der Waals surface area (Å²) in [6.07, 6.45) is 1.26. The van der Waals surface area contributed by atoms with Gasteiger partial charge in [-0.25, -0.2) is 17.2 Å². The highest BCUT2D eigenvalue weighted by Crippen LogP contribution is 2.22. The number of rotatable bonds is 4. The van der Waals surface area contributed by atoms with Crippen molar-refractivity contribution in [3.8, 4) is 0 Å². The number of benzene rings is 3. The number of hydrogen-bond donors (Lipinski definition) is 0. The van der Waals surface area contributed by atoms with Crippen LogP contribution in [0.15, 0.2) is 93.6 Å². The highest BCUT2D eigenvalue weighted by Gasteiger charge is 2.24. The van der Waals surface area contributed by atoms with Gasteiger partial charge in [-0.3, -0.25) is 4.79 Å². The van der Waals surface area contributed by atoms with Gasteiger partial charge in [0.15, 0.2) is 0 Å². The first-order valence-electron chi connectivity index (χ1n) is 8.73. The van der Waals surface area contributed by atoms with E-state index >= 15 is 0 Å². The predicted octanol–water partition coefficient (Wildman–Crippen LogP) is 4.16. The molecule has 3 aromatic carbocycles. The molecule has 1 heterocycles. The highest BCUT2D eigenvalue weighted by atomic mass is 32.2. The van der Waals surface area contributed by atoms with E-state index in [-0.39, 0.29) is 16.8 Å². The second kappa shape index (κ2) is 7.25. The van der Waals surface area contributed by atoms with E-state index in [2.05, 4.69) is 0 Å². The predicted molar refractivity (Wildman–Crippen MR) is 106 cm³/mol. The topological polar surface area (TPSA) is 56.1 Å². The summed E-state index contributed by atoms with van der Waals surface area (Å²) in [6, 6.07) is 17.0. The summed E-state index contributed by atoms with van der Waals surface area (Å²) in [5, 5.41) is -0.0379. The molecule has 0 N–H and O–H groups in total. The van der Waals surface area contributed by atoms with Crippen LogP contribution in [-0.2, 0) is 16.4 Å². The molecule has 0 aliphatic heterocycles. The van der Waals surface area contributed by atoms with Gasteiger partial charge in [0.05, 0.1) is 10.4 Å². The number of fused-ring (bicyclic) bond motifs is 1. The minimum Gasteiger partial charge on any atom is -0.341 e. The number of nitrogens with zero attached hydrogens (tertiary/aromatic N) is 1. The molecule has 0 atom stereocenters. The molecular weight excluding hydrogens is 396 g/mol. The largest absolute Gasteiger partial charge is 0.341 e. The first-order chi connectivity index (χ1) is 13.9. The van der Waals surface area contributed by atoms with Crippen LogP contribution in [0.4, 0.5) is 8.78 Å². The molecule has 0 bridgehead atoms. The molecule has 0 radical (unpaired) electrons. The third-order valence-corrected chi connectivity index (χ3v) is 6.38. The van der Waals surface area contributed by atoms with Crippen LogP contribution < -0.4 is 5.43 Å². The lowest BCUT2D eigenvalue weighted by molar-refractivity contribution is 0.593. The molecular formula is C22H15F2NO3S. The molecule has 7 heteroatoms. The average Bonchev–Trinajstić information content (AvgIpc) is 2.72. The number of aromatic nitrogens is 1. The first kappa shape index (κ1) is 19.0. The summed E-state index contributed by atoms with van der Waals surface area (Å²) >= 11 is 0. The fourth-order valence-corrected chi connectivity index (χ4v) is 4.57. The molecule has 0 unspecified atom stereocenters. The second-order valence-electron chi connectivity index (χ2n) is 6.55. The van der Waals surface area contributed by atoms with E-state index in [0.29, 0.717) is 11.1 Å². The van der Waals surface area contributed by atoms with Crippen LogP contribution in [0.25, 0.3) is 10.9 Å². The van der Waals surface area contributed by atoms with Gasteiger partial charge in [-0.2, -0.15) is 0 Å². The zero-order valence-corrected chi connectivity index (χ0v) is 15.9. The molecule has 4 aromatic rings. The van der Waals surface area contributed by atoms with Crippen molar-refractivity contribution in [2.24, 2.45) is 0 Å². The SMILES string of the molecule is O=c1c(S(=O)(=O)c2ccccc2)cn(Cc2ccc(F)cc2)c2ccc(F)cc12. The number of sulfone groups is 1. The van der Waals surface area contributed by atoms with Crippen LogP contribution in [0, 0.1) is 11.6 Å². The Morgan fingerprint density at radius 3 is 2.17 bits per heavy atom. The standard InChI is InChI=1S/C22H15F2NO3S/c23-16-8-6-15(7-9-16)13-25-14-21(29(27,28)18-4-2-1-3-5-18)22(26)19-12-17(24)10-11-20(19)25/h1-12,14H,13H2. The Balaban J connectivity index is 1.97. The minimum absolute atomic E-state index is 0.0267. The molecule has 0 aliphatic carbocycles. The minimum atomic E-state index is -4.11. The third kappa shape index (κ3) is 3.56. The van der Waals surface area contributed by atoms with Gasteiger partial charge in [-0.05, 0) is 48.0 Å². The Morgan fingerprint density at radius 2 is 1.48 bits per heavy atom. The fourth-order valence-electron chi connectivity index (χ4n) is 3.18. The van der Waals surface area contributed by atoms with Gasteiger partial charge >= 0.3 is 0 Å². The molecule has 0 aliphatic rings. The van der Waals surface area contributed by atoms with Crippen LogP contribution in [-0.4, -0.2) is 13.0 Å². The molecule has 29 heavy (non-hydrogen) atoms. The van der Waals surface area contributed by atoms with E-state index in [0.717, 1.165) is 6.07 Å². The van der Waals surface area contributed by atoms with Crippen molar-refractivity contribution in [3.05, 3.63) is 106 Å². The molecule has 0 saturated carbocycles. The van der Waals surface area contributed by atoms with Gasteiger partial charge in [0.25, 0.3) is 0 Å². The summed E-state index contributed by atoms with van der Waals surface area (Å²) in [5.74, 6) is -1.04. The maximum atomic E-state index is 13.8. The van der Waals surface area contributed by atoms with Gasteiger partial charge in [-0.1, -0.05) is 30.3 Å². The van der Waals surface area contributed by atoms with Crippen molar-refractivity contribution >= 4 is 20.7 Å². The summed E-state index contributed by atoms with van der Waals surface area (Å²) < 4.78 is 54.8. The van der Waals surface area contributed by atoms with E-state index in [1.807, 2.05) is 0 Å².